The summed E-state index contributed by atoms with van der Waals surface area (Å²) in [6.07, 6.45) is 0. The van der Waals surface area contributed by atoms with Gasteiger partial charge in [0.25, 0.3) is 13.4 Å². The zero-order valence-corrected chi connectivity index (χ0v) is 30.0. The van der Waals surface area contributed by atoms with Crippen LogP contribution in [0.3, 0.4) is 0 Å². The lowest BCUT2D eigenvalue weighted by Crippen LogP contribution is -2.59. The number of fused-ring (bicyclic) bond motifs is 8. The molecule has 0 bridgehead atoms. The molecule has 4 aliphatic rings. The molecule has 0 spiro atoms. The molecular weight excluding hydrogens is 662 g/mol. The Bertz CT molecular complexity index is 3020. The monoisotopic (exact) mass is 690 g/mol. The van der Waals surface area contributed by atoms with Crippen LogP contribution in [0.1, 0.15) is 23.3 Å². The largest absolute Gasteiger partial charge is 0.297 e. The van der Waals surface area contributed by atoms with Crippen LogP contribution >= 0.6 is 0 Å². The van der Waals surface area contributed by atoms with Gasteiger partial charge in [0, 0.05) is 22.7 Å². The molecule has 0 radical (unpaired) electrons. The molecule has 250 valence electrons. The second kappa shape index (κ2) is 8.92. The minimum absolute atomic E-state index is 0.0749. The molecule has 6 aromatic carbocycles. The predicted octanol–water partition coefficient (Wildman–Crippen LogP) is 4.23. The molecule has 54 heavy (non-hydrogen) atoms. The topological polar surface area (TPSA) is 71.3 Å². The zero-order valence-electron chi connectivity index (χ0n) is 30.0. The van der Waals surface area contributed by atoms with Crippen molar-refractivity contribution in [2.24, 2.45) is 0 Å². The average Bonchev–Trinajstić information content (AvgIpc) is 3.91. The molecule has 4 aromatic heterocycles. The third kappa shape index (κ3) is 2.97. The van der Waals surface area contributed by atoms with Crippen LogP contribution < -0.4 is 32.8 Å². The lowest BCUT2D eigenvalue weighted by Gasteiger charge is -2.35. The first-order chi connectivity index (χ1) is 26.4. The van der Waals surface area contributed by atoms with E-state index in [9.17, 15) is 0 Å². The van der Waals surface area contributed by atoms with E-state index >= 15 is 0 Å². The normalized spacial score (nSPS) is 13.9. The highest BCUT2D eigenvalue weighted by molar-refractivity contribution is 7.01. The first kappa shape index (κ1) is 27.9. The van der Waals surface area contributed by atoms with Crippen LogP contribution in [-0.4, -0.2) is 51.6 Å². The van der Waals surface area contributed by atoms with E-state index in [1.165, 1.54) is 77.6 Å². The fraction of sp³-hybridized carbons (Fsp3) is 0.0909. The number of hydrogen-bond acceptors (Lipinski definition) is 4. The van der Waals surface area contributed by atoms with Crippen LogP contribution in [0.2, 0.25) is 0 Å². The fourth-order valence-electron chi connectivity index (χ4n) is 11.1. The van der Waals surface area contributed by atoms with E-state index in [0.717, 1.165) is 56.5 Å². The summed E-state index contributed by atoms with van der Waals surface area (Å²) in [5.74, 6) is 3.97. The number of imidazole rings is 4. The van der Waals surface area contributed by atoms with Gasteiger partial charge in [0.05, 0.1) is 44.1 Å². The summed E-state index contributed by atoms with van der Waals surface area (Å²) < 4.78 is 9.61. The summed E-state index contributed by atoms with van der Waals surface area (Å²) in [5, 5.41) is 0. The number of benzene rings is 6. The predicted molar refractivity (Wildman–Crippen MR) is 219 cm³/mol. The molecule has 0 saturated carbocycles. The maximum atomic E-state index is 5.13. The maximum Gasteiger partial charge on any atom is 0.252 e. The maximum absolute atomic E-state index is 5.13. The van der Waals surface area contributed by atoms with Crippen LogP contribution in [-0.2, 0) is 0 Å². The van der Waals surface area contributed by atoms with Gasteiger partial charge in [-0.1, -0.05) is 48.5 Å². The quantitative estimate of drug-likeness (QED) is 0.242. The van der Waals surface area contributed by atoms with Crippen molar-refractivity contribution >= 4 is 90.3 Å². The molecule has 0 fully saturated rings. The summed E-state index contributed by atoms with van der Waals surface area (Å²) in [6, 6.07) is 36.1. The van der Waals surface area contributed by atoms with E-state index in [1.807, 2.05) is 0 Å². The van der Waals surface area contributed by atoms with E-state index in [1.54, 1.807) is 0 Å². The van der Waals surface area contributed by atoms with E-state index in [2.05, 4.69) is 143 Å². The summed E-state index contributed by atoms with van der Waals surface area (Å²) in [6.45, 7) is 8.70. The van der Waals surface area contributed by atoms with Gasteiger partial charge in [-0.3, -0.25) is 18.3 Å². The SMILES string of the molecule is Cc1nc2cccc3c2n1-c1cc(-c2cc4c5c(c2)-n2c(C)nc6cccc(c62)B5c2cccc5nc(C)n-4c25)cc2c1B3c1cccc3nc(C)n-2c13. The number of nitrogens with zero attached hydrogens (tertiary/aromatic N) is 8. The molecule has 14 rings (SSSR count). The van der Waals surface area contributed by atoms with Gasteiger partial charge in [0.15, 0.2) is 0 Å². The van der Waals surface area contributed by atoms with Gasteiger partial charge < -0.3 is 0 Å². The second-order valence-corrected chi connectivity index (χ2v) is 15.6. The van der Waals surface area contributed by atoms with Crippen LogP contribution in [0.5, 0.6) is 0 Å². The molecular formula is C44H28B2N8. The Labute approximate surface area is 309 Å². The van der Waals surface area contributed by atoms with Gasteiger partial charge in [-0.15, -0.1) is 0 Å². The highest BCUT2D eigenvalue weighted by Crippen LogP contribution is 2.38. The van der Waals surface area contributed by atoms with Gasteiger partial charge >= 0.3 is 0 Å². The van der Waals surface area contributed by atoms with Crippen LogP contribution in [0.4, 0.5) is 0 Å². The summed E-state index contributed by atoms with van der Waals surface area (Å²) in [7, 11) is 0. The third-order valence-corrected chi connectivity index (χ3v) is 12.9. The number of aryl methyl sites for hydroxylation is 4. The van der Waals surface area contributed by atoms with Crippen molar-refractivity contribution in [3.05, 3.63) is 120 Å². The molecule has 0 atom stereocenters. The summed E-state index contributed by atoms with van der Waals surface area (Å²) in [5.41, 5.74) is 23.8. The summed E-state index contributed by atoms with van der Waals surface area (Å²) >= 11 is 0. The van der Waals surface area contributed by atoms with Gasteiger partial charge in [-0.25, -0.2) is 19.9 Å². The first-order valence-electron chi connectivity index (χ1n) is 18.7. The lowest BCUT2D eigenvalue weighted by atomic mass is 9.34. The zero-order chi connectivity index (χ0) is 35.5. The minimum atomic E-state index is 0.0749. The molecule has 8 heterocycles. The Balaban J connectivity index is 1.15. The molecule has 10 aromatic rings. The summed E-state index contributed by atoms with van der Waals surface area (Å²) in [4.78, 5) is 20.5. The van der Waals surface area contributed by atoms with Gasteiger partial charge in [-0.05, 0) is 120 Å². The van der Waals surface area contributed by atoms with Gasteiger partial charge in [0.2, 0.25) is 0 Å². The van der Waals surface area contributed by atoms with E-state index in [0.29, 0.717) is 0 Å². The second-order valence-electron chi connectivity index (χ2n) is 15.6. The Kier molecular flexibility index (Phi) is 4.61. The minimum Gasteiger partial charge on any atom is -0.297 e. The Morgan fingerprint density at radius 2 is 0.630 bits per heavy atom. The highest BCUT2D eigenvalue weighted by Gasteiger charge is 2.43. The number of rotatable bonds is 1. The van der Waals surface area contributed by atoms with Crippen LogP contribution in [0.15, 0.2) is 97.1 Å². The Morgan fingerprint density at radius 3 is 0.889 bits per heavy atom. The van der Waals surface area contributed by atoms with Crippen molar-refractivity contribution in [2.45, 2.75) is 27.7 Å². The van der Waals surface area contributed by atoms with Crippen LogP contribution in [0, 0.1) is 27.7 Å². The molecule has 0 saturated heterocycles. The van der Waals surface area contributed by atoms with Gasteiger partial charge in [0.1, 0.15) is 23.3 Å². The number of hydrogen-bond donors (Lipinski definition) is 0. The molecule has 0 unspecified atom stereocenters. The van der Waals surface area contributed by atoms with Crippen LogP contribution in [0.25, 0.3) is 78.0 Å². The first-order valence-corrected chi connectivity index (χ1v) is 18.7. The molecule has 8 nitrogen and oxygen atoms in total. The van der Waals surface area contributed by atoms with E-state index in [4.69, 9.17) is 19.9 Å². The van der Waals surface area contributed by atoms with E-state index < -0.39 is 0 Å². The smallest absolute Gasteiger partial charge is 0.252 e. The third-order valence-electron chi connectivity index (χ3n) is 12.9. The highest BCUT2D eigenvalue weighted by atomic mass is 15.1. The Morgan fingerprint density at radius 1 is 0.370 bits per heavy atom. The lowest BCUT2D eigenvalue weighted by molar-refractivity contribution is 0.977. The van der Waals surface area contributed by atoms with Gasteiger partial charge in [-0.2, -0.15) is 0 Å². The molecule has 10 heteroatoms. The number of aromatic nitrogens is 8. The van der Waals surface area contributed by atoms with E-state index in [-0.39, 0.29) is 13.4 Å². The molecule has 4 aliphatic heterocycles. The van der Waals surface area contributed by atoms with Crippen molar-refractivity contribution in [3.8, 4) is 33.9 Å². The standard InChI is InChI=1S/C44H28B2N8/c1-21-47-31-13-5-9-27-41(31)51(21)35-17-25(18-36-39(35)45(27)28-10-6-14-32-42(28)52(36)22(2)48-32)26-19-37-40-38(20-26)54-24(4)50-34-16-8-12-30(44(34)54)46(40)29-11-7-15-33-43(29)53(37)23(3)49-33/h5-20H,1-4H3. The van der Waals surface area contributed by atoms with Crippen molar-refractivity contribution in [1.29, 1.82) is 0 Å². The van der Waals surface area contributed by atoms with Crippen molar-refractivity contribution in [1.82, 2.24) is 38.2 Å². The number of para-hydroxylation sites is 4. The molecule has 0 amide bonds. The van der Waals surface area contributed by atoms with Crippen molar-refractivity contribution < 1.29 is 0 Å². The van der Waals surface area contributed by atoms with Crippen molar-refractivity contribution in [3.63, 3.8) is 0 Å². The molecule has 0 aliphatic carbocycles. The average molecular weight is 690 g/mol. The fourth-order valence-corrected chi connectivity index (χ4v) is 11.1. The molecule has 0 N–H and O–H groups in total. The Hall–Kier alpha value is -6.67. The van der Waals surface area contributed by atoms with Crippen molar-refractivity contribution in [2.75, 3.05) is 0 Å².